The van der Waals surface area contributed by atoms with Gasteiger partial charge in [-0.2, -0.15) is 4.98 Å². The number of amides is 1. The van der Waals surface area contributed by atoms with Gasteiger partial charge in [-0.05, 0) is 20.9 Å². The monoisotopic (exact) mass is 325 g/mol. The molecule has 1 atom stereocenters. The Labute approximate surface area is 137 Å². The molecule has 1 unspecified atom stereocenters. The Balaban J connectivity index is 1.73. The van der Waals surface area contributed by atoms with E-state index in [-0.39, 0.29) is 12.0 Å². The third-order valence-corrected chi connectivity index (χ3v) is 3.85. The summed E-state index contributed by atoms with van der Waals surface area (Å²) >= 11 is 0. The Bertz CT molecular complexity index is 487. The van der Waals surface area contributed by atoms with Crippen molar-refractivity contribution in [1.29, 1.82) is 0 Å². The topological polar surface area (TPSA) is 83.7 Å². The molecule has 1 N–H and O–H groups in total. The Morgan fingerprint density at radius 1 is 1.48 bits per heavy atom. The van der Waals surface area contributed by atoms with E-state index in [1.165, 1.54) is 0 Å². The molecule has 1 aliphatic heterocycles. The summed E-state index contributed by atoms with van der Waals surface area (Å²) in [5, 5.41) is 7.18. The maximum atomic E-state index is 12.1. The second-order valence-electron chi connectivity index (χ2n) is 5.76. The lowest BCUT2D eigenvalue weighted by molar-refractivity contribution is -0.132. The summed E-state index contributed by atoms with van der Waals surface area (Å²) in [6.45, 7) is 8.99. The van der Waals surface area contributed by atoms with Crippen LogP contribution >= 0.6 is 0 Å². The zero-order valence-electron chi connectivity index (χ0n) is 14.2. The highest BCUT2D eigenvalue weighted by Crippen LogP contribution is 2.13. The number of ether oxygens (including phenoxy) is 1. The van der Waals surface area contributed by atoms with Crippen molar-refractivity contribution in [2.24, 2.45) is 0 Å². The fourth-order valence-corrected chi connectivity index (χ4v) is 2.49. The number of nitrogens with zero attached hydrogens (tertiary/aromatic N) is 4. The Hall–Kier alpha value is -1.51. The molecule has 0 saturated carbocycles. The average molecular weight is 325 g/mol. The number of carbonyl (C=O) groups excluding carboxylic acids is 1. The summed E-state index contributed by atoms with van der Waals surface area (Å²) in [4.78, 5) is 20.4. The third-order valence-electron chi connectivity index (χ3n) is 3.85. The van der Waals surface area contributed by atoms with E-state index >= 15 is 0 Å². The second kappa shape index (κ2) is 8.95. The van der Waals surface area contributed by atoms with Crippen LogP contribution in [-0.2, 0) is 16.1 Å². The van der Waals surface area contributed by atoms with Gasteiger partial charge in [0, 0.05) is 45.8 Å². The molecule has 2 heterocycles. The summed E-state index contributed by atoms with van der Waals surface area (Å²) in [5.74, 6) is 1.31. The number of carbonyl (C=O) groups is 1. The van der Waals surface area contributed by atoms with Crippen LogP contribution in [0.5, 0.6) is 0 Å². The summed E-state index contributed by atoms with van der Waals surface area (Å²) in [7, 11) is 1.95. The summed E-state index contributed by atoms with van der Waals surface area (Å²) in [6, 6.07) is 0. The van der Waals surface area contributed by atoms with Crippen molar-refractivity contribution in [3.8, 4) is 0 Å². The number of hydrogen-bond acceptors (Lipinski definition) is 7. The minimum atomic E-state index is -0.169. The first-order chi connectivity index (χ1) is 11.1. The SMILES string of the molecule is CCOC(C)c1noc(CN(C)CCC(=O)N2CCNCC2)n1. The molecule has 130 valence electrons. The maximum absolute atomic E-state index is 12.1. The van der Waals surface area contributed by atoms with E-state index < -0.39 is 0 Å². The van der Waals surface area contributed by atoms with Gasteiger partial charge in [0.2, 0.25) is 11.8 Å². The van der Waals surface area contributed by atoms with Crippen LogP contribution in [0.3, 0.4) is 0 Å². The number of nitrogens with one attached hydrogen (secondary N) is 1. The number of hydrogen-bond donors (Lipinski definition) is 1. The lowest BCUT2D eigenvalue weighted by atomic mass is 10.3. The van der Waals surface area contributed by atoms with Crippen molar-refractivity contribution in [2.45, 2.75) is 32.9 Å². The predicted molar refractivity (Wildman–Crippen MR) is 84.7 cm³/mol. The van der Waals surface area contributed by atoms with Crippen molar-refractivity contribution in [2.75, 3.05) is 46.4 Å². The van der Waals surface area contributed by atoms with Crippen molar-refractivity contribution < 1.29 is 14.1 Å². The fraction of sp³-hybridized carbons (Fsp3) is 0.800. The molecule has 1 aromatic heterocycles. The first-order valence-corrected chi connectivity index (χ1v) is 8.21. The van der Waals surface area contributed by atoms with Crippen LogP contribution in [-0.4, -0.2) is 72.2 Å². The minimum absolute atomic E-state index is 0.169. The zero-order chi connectivity index (χ0) is 16.7. The van der Waals surface area contributed by atoms with E-state index in [2.05, 4.69) is 15.5 Å². The molecule has 23 heavy (non-hydrogen) atoms. The molecule has 0 bridgehead atoms. The second-order valence-corrected chi connectivity index (χ2v) is 5.76. The van der Waals surface area contributed by atoms with Crippen LogP contribution in [0.2, 0.25) is 0 Å². The molecule has 1 amide bonds. The van der Waals surface area contributed by atoms with Crippen molar-refractivity contribution in [3.63, 3.8) is 0 Å². The van der Waals surface area contributed by atoms with Crippen LogP contribution in [0.1, 0.15) is 38.1 Å². The van der Waals surface area contributed by atoms with Crippen molar-refractivity contribution in [3.05, 3.63) is 11.7 Å². The highest BCUT2D eigenvalue weighted by atomic mass is 16.5. The molecule has 1 aliphatic rings. The molecule has 0 spiro atoms. The summed E-state index contributed by atoms with van der Waals surface area (Å²) in [5.41, 5.74) is 0. The van der Waals surface area contributed by atoms with E-state index in [0.29, 0.717) is 37.8 Å². The first-order valence-electron chi connectivity index (χ1n) is 8.21. The van der Waals surface area contributed by atoms with Crippen LogP contribution in [0.4, 0.5) is 0 Å². The van der Waals surface area contributed by atoms with Gasteiger partial charge in [0.25, 0.3) is 0 Å². The number of piperazine rings is 1. The average Bonchev–Trinajstić information content (AvgIpc) is 3.02. The molecule has 2 rings (SSSR count). The van der Waals surface area contributed by atoms with Gasteiger partial charge in [-0.25, -0.2) is 0 Å². The molecule has 0 aliphatic carbocycles. The predicted octanol–water partition coefficient (Wildman–Crippen LogP) is 0.421. The largest absolute Gasteiger partial charge is 0.371 e. The Morgan fingerprint density at radius 3 is 2.91 bits per heavy atom. The molecule has 1 saturated heterocycles. The summed E-state index contributed by atoms with van der Waals surface area (Å²) < 4.78 is 10.7. The van der Waals surface area contributed by atoms with Gasteiger partial charge in [-0.1, -0.05) is 5.16 Å². The first kappa shape index (κ1) is 17.8. The van der Waals surface area contributed by atoms with Gasteiger partial charge >= 0.3 is 0 Å². The molecular formula is C15H27N5O3. The molecule has 0 aromatic carbocycles. The highest BCUT2D eigenvalue weighted by Gasteiger charge is 2.18. The van der Waals surface area contributed by atoms with Gasteiger partial charge in [0.1, 0.15) is 6.10 Å². The molecule has 1 aromatic rings. The van der Waals surface area contributed by atoms with Gasteiger partial charge in [0.05, 0.1) is 6.54 Å². The molecule has 8 nitrogen and oxygen atoms in total. The lowest BCUT2D eigenvalue weighted by Gasteiger charge is -2.28. The zero-order valence-corrected chi connectivity index (χ0v) is 14.2. The Morgan fingerprint density at radius 2 is 2.22 bits per heavy atom. The summed E-state index contributed by atoms with van der Waals surface area (Å²) in [6.07, 6.45) is 0.337. The van der Waals surface area contributed by atoms with E-state index in [1.54, 1.807) is 0 Å². The van der Waals surface area contributed by atoms with Crippen LogP contribution < -0.4 is 5.32 Å². The van der Waals surface area contributed by atoms with Crippen LogP contribution in [0.15, 0.2) is 4.52 Å². The van der Waals surface area contributed by atoms with Crippen LogP contribution in [0.25, 0.3) is 0 Å². The van der Waals surface area contributed by atoms with Crippen LogP contribution in [0, 0.1) is 0 Å². The van der Waals surface area contributed by atoms with Gasteiger partial charge in [-0.3, -0.25) is 9.69 Å². The highest BCUT2D eigenvalue weighted by molar-refractivity contribution is 5.76. The smallest absolute Gasteiger partial charge is 0.240 e. The molecule has 1 fully saturated rings. The molecule has 0 radical (unpaired) electrons. The molecule has 8 heteroatoms. The van der Waals surface area contributed by atoms with E-state index in [4.69, 9.17) is 9.26 Å². The maximum Gasteiger partial charge on any atom is 0.240 e. The van der Waals surface area contributed by atoms with E-state index in [0.717, 1.165) is 26.2 Å². The third kappa shape index (κ3) is 5.56. The number of aromatic nitrogens is 2. The van der Waals surface area contributed by atoms with Gasteiger partial charge < -0.3 is 19.5 Å². The standard InChI is InChI=1S/C15H27N5O3/c1-4-22-12(2)15-17-13(23-18-15)11-19(3)8-5-14(21)20-9-6-16-7-10-20/h12,16H,4-11H2,1-3H3. The fourth-order valence-electron chi connectivity index (χ4n) is 2.49. The van der Waals surface area contributed by atoms with Crippen molar-refractivity contribution in [1.82, 2.24) is 25.3 Å². The Kier molecular flexibility index (Phi) is 6.94. The van der Waals surface area contributed by atoms with Crippen molar-refractivity contribution >= 4 is 5.91 Å². The quantitative estimate of drug-likeness (QED) is 0.741. The lowest BCUT2D eigenvalue weighted by Crippen LogP contribution is -2.47. The molecular weight excluding hydrogens is 298 g/mol. The van der Waals surface area contributed by atoms with E-state index in [9.17, 15) is 4.79 Å². The normalized spacial score (nSPS) is 16.8. The number of rotatable bonds is 8. The van der Waals surface area contributed by atoms with E-state index in [1.807, 2.05) is 30.7 Å². The van der Waals surface area contributed by atoms with Gasteiger partial charge in [0.15, 0.2) is 5.82 Å². The minimum Gasteiger partial charge on any atom is -0.371 e. The van der Waals surface area contributed by atoms with Gasteiger partial charge in [-0.15, -0.1) is 0 Å².